The van der Waals surface area contributed by atoms with Gasteiger partial charge >= 0.3 is 0 Å². The summed E-state index contributed by atoms with van der Waals surface area (Å²) in [6.07, 6.45) is 7.04. The van der Waals surface area contributed by atoms with Gasteiger partial charge in [0.2, 0.25) is 5.95 Å². The summed E-state index contributed by atoms with van der Waals surface area (Å²) in [7, 11) is 0. The summed E-state index contributed by atoms with van der Waals surface area (Å²) >= 11 is 6.19. The molecule has 7 nitrogen and oxygen atoms in total. The van der Waals surface area contributed by atoms with E-state index in [1.807, 2.05) is 0 Å². The van der Waals surface area contributed by atoms with Crippen molar-refractivity contribution in [2.24, 2.45) is 22.7 Å². The number of nitrogens with zero attached hydrogens (tertiary/aromatic N) is 4. The molecule has 0 radical (unpaired) electrons. The van der Waals surface area contributed by atoms with Gasteiger partial charge in [0.1, 0.15) is 24.2 Å². The molecule has 0 spiro atoms. The molecule has 0 N–H and O–H groups in total. The monoisotopic (exact) mass is 508 g/mol. The van der Waals surface area contributed by atoms with Crippen molar-refractivity contribution in [1.82, 2.24) is 9.97 Å². The lowest BCUT2D eigenvalue weighted by Crippen LogP contribution is -2.66. The predicted molar refractivity (Wildman–Crippen MR) is 138 cm³/mol. The van der Waals surface area contributed by atoms with Crippen LogP contribution < -0.4 is 9.64 Å². The van der Waals surface area contributed by atoms with E-state index in [4.69, 9.17) is 21.6 Å². The summed E-state index contributed by atoms with van der Waals surface area (Å²) < 4.78 is 6.33. The van der Waals surface area contributed by atoms with Crippen molar-refractivity contribution in [3.8, 4) is 11.8 Å². The standard InChI is InChI=1S/C28H33ClN4O3/c1-27(2)24(28(3,4)25(27)36-21-6-5-19(15-30)22(29)13-21)14-23(35)20-16-31-26(32-17-20)33-10-7-18(8-11-33)9-12-34/h5-6,12-13,16-18,24-25H,7-11,14H2,1-4H3. The van der Waals surface area contributed by atoms with Crippen molar-refractivity contribution >= 4 is 29.6 Å². The molecule has 0 unspecified atom stereocenters. The molecule has 1 aliphatic heterocycles. The Balaban J connectivity index is 1.39. The van der Waals surface area contributed by atoms with Crippen LogP contribution in [0.1, 0.15) is 69.3 Å². The molecule has 0 bridgehead atoms. The lowest BCUT2D eigenvalue weighted by Gasteiger charge is -2.63. The number of benzene rings is 1. The van der Waals surface area contributed by atoms with Crippen LogP contribution in [0.2, 0.25) is 5.02 Å². The van der Waals surface area contributed by atoms with Crippen LogP contribution in [-0.4, -0.2) is 41.2 Å². The predicted octanol–water partition coefficient (Wildman–Crippen LogP) is 5.51. The number of anilines is 1. The topological polar surface area (TPSA) is 96.2 Å². The maximum atomic E-state index is 13.2. The molecule has 4 rings (SSSR count). The number of ketones is 1. The molecule has 0 amide bonds. The fourth-order valence-corrected chi connectivity index (χ4v) is 6.46. The van der Waals surface area contributed by atoms with Crippen LogP contribution in [0.5, 0.6) is 5.75 Å². The lowest BCUT2D eigenvalue weighted by molar-refractivity contribution is -0.196. The maximum absolute atomic E-state index is 13.2. The fourth-order valence-electron chi connectivity index (χ4n) is 6.25. The summed E-state index contributed by atoms with van der Waals surface area (Å²) in [6.45, 7) is 10.1. The average Bonchev–Trinajstić information content (AvgIpc) is 2.86. The highest BCUT2D eigenvalue weighted by Crippen LogP contribution is 2.61. The van der Waals surface area contributed by atoms with E-state index < -0.39 is 0 Å². The lowest BCUT2D eigenvalue weighted by atomic mass is 9.44. The number of nitriles is 1. The molecule has 1 aromatic heterocycles. The normalized spacial score (nSPS) is 22.8. The Labute approximate surface area is 217 Å². The minimum atomic E-state index is -0.244. The molecule has 1 saturated heterocycles. The smallest absolute Gasteiger partial charge is 0.225 e. The fraction of sp³-hybridized carbons (Fsp3) is 0.536. The number of Topliss-reactive ketones (excluding diaryl/α,β-unsaturated/α-hetero) is 1. The zero-order valence-corrected chi connectivity index (χ0v) is 22.1. The SMILES string of the molecule is CC1(C)C(CC(=O)c2cnc(N3CCC(CC=O)CC3)nc2)C(C)(C)C1Oc1ccc(C#N)c(Cl)c1. The van der Waals surface area contributed by atoms with E-state index in [2.05, 4.69) is 48.6 Å². The molecule has 1 aliphatic carbocycles. The van der Waals surface area contributed by atoms with Crippen LogP contribution in [0.4, 0.5) is 5.95 Å². The zero-order chi connectivity index (χ0) is 26.1. The van der Waals surface area contributed by atoms with Crippen molar-refractivity contribution in [1.29, 1.82) is 5.26 Å². The average molecular weight is 509 g/mol. The van der Waals surface area contributed by atoms with Crippen LogP contribution in [0.15, 0.2) is 30.6 Å². The first-order chi connectivity index (χ1) is 17.1. The third-order valence-corrected chi connectivity index (χ3v) is 8.45. The van der Waals surface area contributed by atoms with E-state index in [1.165, 1.54) is 0 Å². The van der Waals surface area contributed by atoms with Crippen molar-refractivity contribution < 1.29 is 14.3 Å². The summed E-state index contributed by atoms with van der Waals surface area (Å²) in [5.41, 5.74) is 0.443. The molecule has 2 heterocycles. The van der Waals surface area contributed by atoms with Gasteiger partial charge in [-0.05, 0) is 36.8 Å². The van der Waals surface area contributed by atoms with Gasteiger partial charge in [0, 0.05) is 55.2 Å². The Morgan fingerprint density at radius 3 is 2.39 bits per heavy atom. The number of aromatic nitrogens is 2. The highest BCUT2D eigenvalue weighted by molar-refractivity contribution is 6.31. The summed E-state index contributed by atoms with van der Waals surface area (Å²) in [4.78, 5) is 35.0. The van der Waals surface area contributed by atoms with Gasteiger partial charge in [-0.3, -0.25) is 4.79 Å². The number of carbonyl (C=O) groups is 2. The number of carbonyl (C=O) groups excluding carboxylic acids is 2. The zero-order valence-electron chi connectivity index (χ0n) is 21.3. The molecule has 8 heteroatoms. The molecule has 2 aliphatic rings. The first-order valence-electron chi connectivity index (χ1n) is 12.5. The van der Waals surface area contributed by atoms with E-state index in [-0.39, 0.29) is 28.6 Å². The second kappa shape index (κ2) is 10.2. The molecule has 190 valence electrons. The number of ether oxygens (including phenoxy) is 1. The molecular weight excluding hydrogens is 476 g/mol. The van der Waals surface area contributed by atoms with E-state index in [9.17, 15) is 9.59 Å². The molecule has 2 aromatic rings. The first kappa shape index (κ1) is 26.1. The van der Waals surface area contributed by atoms with Crippen molar-refractivity contribution in [2.75, 3.05) is 18.0 Å². The van der Waals surface area contributed by atoms with Gasteiger partial charge < -0.3 is 14.4 Å². The number of hydrogen-bond donors (Lipinski definition) is 0. The Morgan fingerprint density at radius 1 is 1.19 bits per heavy atom. The van der Waals surface area contributed by atoms with E-state index >= 15 is 0 Å². The molecule has 36 heavy (non-hydrogen) atoms. The second-order valence-electron chi connectivity index (χ2n) is 11.2. The third kappa shape index (κ3) is 4.97. The van der Waals surface area contributed by atoms with E-state index in [0.29, 0.717) is 46.6 Å². The first-order valence-corrected chi connectivity index (χ1v) is 12.9. The Hall–Kier alpha value is -2.98. The van der Waals surface area contributed by atoms with Gasteiger partial charge in [0.05, 0.1) is 16.1 Å². The van der Waals surface area contributed by atoms with Crippen LogP contribution in [0.3, 0.4) is 0 Å². The molecular formula is C28H33ClN4O3. The highest BCUT2D eigenvalue weighted by Gasteiger charge is 2.63. The van der Waals surface area contributed by atoms with Crippen LogP contribution in [-0.2, 0) is 4.79 Å². The Morgan fingerprint density at radius 2 is 1.83 bits per heavy atom. The van der Waals surface area contributed by atoms with Gasteiger partial charge in [-0.2, -0.15) is 5.26 Å². The number of aldehydes is 1. The quantitative estimate of drug-likeness (QED) is 0.342. The van der Waals surface area contributed by atoms with Gasteiger partial charge in [-0.25, -0.2) is 9.97 Å². The van der Waals surface area contributed by atoms with Crippen molar-refractivity contribution in [2.45, 2.75) is 59.5 Å². The van der Waals surface area contributed by atoms with Crippen LogP contribution in [0, 0.1) is 34.0 Å². The third-order valence-electron chi connectivity index (χ3n) is 8.14. The van der Waals surface area contributed by atoms with Gasteiger partial charge in [-0.15, -0.1) is 0 Å². The number of hydrogen-bond acceptors (Lipinski definition) is 7. The van der Waals surface area contributed by atoms with Crippen molar-refractivity contribution in [3.05, 3.63) is 46.7 Å². The summed E-state index contributed by atoms with van der Waals surface area (Å²) in [5, 5.41) is 9.47. The minimum absolute atomic E-state index is 0.0252. The van der Waals surface area contributed by atoms with E-state index in [1.54, 1.807) is 30.6 Å². The van der Waals surface area contributed by atoms with Crippen molar-refractivity contribution in [3.63, 3.8) is 0 Å². The summed E-state index contributed by atoms with van der Waals surface area (Å²) in [5.74, 6) is 1.82. The van der Waals surface area contributed by atoms with Crippen LogP contribution >= 0.6 is 11.6 Å². The van der Waals surface area contributed by atoms with E-state index in [0.717, 1.165) is 32.2 Å². The van der Waals surface area contributed by atoms with Gasteiger partial charge in [0.25, 0.3) is 0 Å². The second-order valence-corrected chi connectivity index (χ2v) is 11.6. The highest BCUT2D eigenvalue weighted by atomic mass is 35.5. The largest absolute Gasteiger partial charge is 0.489 e. The number of piperidine rings is 1. The Kier molecular flexibility index (Phi) is 7.38. The Bertz CT molecular complexity index is 1150. The van der Waals surface area contributed by atoms with Gasteiger partial charge in [-0.1, -0.05) is 39.3 Å². The number of rotatable bonds is 8. The molecule has 2 fully saturated rings. The maximum Gasteiger partial charge on any atom is 0.225 e. The molecule has 1 saturated carbocycles. The summed E-state index contributed by atoms with van der Waals surface area (Å²) in [6, 6.07) is 7.16. The number of halogens is 1. The minimum Gasteiger partial charge on any atom is -0.489 e. The van der Waals surface area contributed by atoms with Gasteiger partial charge in [0.15, 0.2) is 5.78 Å². The molecule has 1 aromatic carbocycles. The molecule has 0 atom stereocenters. The van der Waals surface area contributed by atoms with Crippen LogP contribution in [0.25, 0.3) is 0 Å².